The minimum absolute atomic E-state index is 0.126. The summed E-state index contributed by atoms with van der Waals surface area (Å²) in [6.07, 6.45) is 1.52. The number of thiazole rings is 1. The zero-order valence-corrected chi connectivity index (χ0v) is 17.4. The van der Waals surface area contributed by atoms with E-state index in [1.54, 1.807) is 23.6 Å². The van der Waals surface area contributed by atoms with Gasteiger partial charge in [-0.15, -0.1) is 11.3 Å². The van der Waals surface area contributed by atoms with Crippen molar-refractivity contribution in [1.29, 1.82) is 0 Å². The molecule has 0 unspecified atom stereocenters. The quantitative estimate of drug-likeness (QED) is 0.367. The molecule has 1 atom stereocenters. The average Bonchev–Trinajstić information content (AvgIpc) is 3.40. The number of Topliss-reactive ketones (excluding diaryl/α,β-unsaturated/α-hetero) is 1. The van der Waals surface area contributed by atoms with Crippen LogP contribution in [-0.2, 0) is 9.59 Å². The molecule has 2 heterocycles. The van der Waals surface area contributed by atoms with Gasteiger partial charge < -0.3 is 14.6 Å². The Balaban J connectivity index is 1.94. The number of methoxy groups -OCH3 is 2. The van der Waals surface area contributed by atoms with Crippen molar-refractivity contribution in [1.82, 2.24) is 4.98 Å². The van der Waals surface area contributed by atoms with Gasteiger partial charge in [0.05, 0.1) is 25.8 Å². The molecule has 7 nitrogen and oxygen atoms in total. The Labute approximate surface area is 181 Å². The number of aromatic nitrogens is 1. The first-order valence-corrected chi connectivity index (χ1v) is 10.0. The van der Waals surface area contributed by atoms with Gasteiger partial charge in [0.15, 0.2) is 16.6 Å². The van der Waals surface area contributed by atoms with Crippen LogP contribution in [0.4, 0.5) is 9.52 Å². The number of rotatable bonds is 5. The molecule has 9 heteroatoms. The van der Waals surface area contributed by atoms with E-state index < -0.39 is 29.3 Å². The first kappa shape index (κ1) is 20.5. The van der Waals surface area contributed by atoms with Crippen molar-refractivity contribution < 1.29 is 28.6 Å². The molecule has 1 aliphatic heterocycles. The number of ether oxygens (including phenoxy) is 2. The highest BCUT2D eigenvalue weighted by molar-refractivity contribution is 7.14. The third-order valence-corrected chi connectivity index (χ3v) is 5.68. The summed E-state index contributed by atoms with van der Waals surface area (Å²) in [6, 6.07) is 9.00. The number of aliphatic hydroxyl groups is 1. The number of amides is 1. The maximum atomic E-state index is 13.4. The number of ketones is 1. The van der Waals surface area contributed by atoms with E-state index in [4.69, 9.17) is 9.47 Å². The molecule has 3 aromatic rings. The van der Waals surface area contributed by atoms with Crippen LogP contribution in [0.2, 0.25) is 0 Å². The van der Waals surface area contributed by atoms with Gasteiger partial charge in [-0.05, 0) is 42.0 Å². The molecule has 1 aromatic heterocycles. The maximum absolute atomic E-state index is 13.4. The Bertz CT molecular complexity index is 1180. The zero-order chi connectivity index (χ0) is 22.1. The van der Waals surface area contributed by atoms with Crippen molar-refractivity contribution in [2.75, 3.05) is 19.1 Å². The lowest BCUT2D eigenvalue weighted by Gasteiger charge is -2.23. The predicted molar refractivity (Wildman–Crippen MR) is 113 cm³/mol. The second-order valence-corrected chi connectivity index (χ2v) is 7.48. The Hall–Kier alpha value is -3.72. The van der Waals surface area contributed by atoms with Gasteiger partial charge in [-0.2, -0.15) is 0 Å². The molecule has 0 bridgehead atoms. The molecule has 0 radical (unpaired) electrons. The number of hydrogen-bond acceptors (Lipinski definition) is 7. The van der Waals surface area contributed by atoms with Gasteiger partial charge in [0.25, 0.3) is 5.78 Å². The van der Waals surface area contributed by atoms with Gasteiger partial charge in [-0.25, -0.2) is 9.37 Å². The molecule has 158 valence electrons. The second-order valence-electron chi connectivity index (χ2n) is 6.61. The molecule has 1 saturated heterocycles. The van der Waals surface area contributed by atoms with E-state index in [1.807, 2.05) is 0 Å². The van der Waals surface area contributed by atoms with Crippen molar-refractivity contribution in [3.63, 3.8) is 0 Å². The van der Waals surface area contributed by atoms with Crippen LogP contribution in [0.15, 0.2) is 59.6 Å². The molecule has 0 spiro atoms. The molecule has 31 heavy (non-hydrogen) atoms. The lowest BCUT2D eigenvalue weighted by atomic mass is 9.95. The Kier molecular flexibility index (Phi) is 5.43. The minimum Gasteiger partial charge on any atom is -0.507 e. The van der Waals surface area contributed by atoms with Gasteiger partial charge >= 0.3 is 5.91 Å². The first-order valence-electron chi connectivity index (χ1n) is 9.14. The zero-order valence-electron chi connectivity index (χ0n) is 16.5. The fraction of sp³-hybridized carbons (Fsp3) is 0.136. The van der Waals surface area contributed by atoms with Crippen LogP contribution in [0.5, 0.6) is 11.5 Å². The van der Waals surface area contributed by atoms with Crippen LogP contribution in [-0.4, -0.2) is 36.0 Å². The van der Waals surface area contributed by atoms with Gasteiger partial charge in [-0.1, -0.05) is 6.07 Å². The van der Waals surface area contributed by atoms with E-state index in [2.05, 4.69) is 4.98 Å². The topological polar surface area (TPSA) is 89.0 Å². The summed E-state index contributed by atoms with van der Waals surface area (Å²) in [5.41, 5.74) is 0.596. The normalized spacial score (nSPS) is 17.8. The van der Waals surface area contributed by atoms with Crippen molar-refractivity contribution in [3.8, 4) is 11.5 Å². The molecule has 0 aliphatic carbocycles. The maximum Gasteiger partial charge on any atom is 0.301 e. The van der Waals surface area contributed by atoms with Crippen molar-refractivity contribution in [2.45, 2.75) is 6.04 Å². The van der Waals surface area contributed by atoms with E-state index in [1.165, 1.54) is 48.8 Å². The summed E-state index contributed by atoms with van der Waals surface area (Å²) >= 11 is 1.19. The smallest absolute Gasteiger partial charge is 0.301 e. The van der Waals surface area contributed by atoms with Crippen LogP contribution < -0.4 is 14.4 Å². The molecular weight excluding hydrogens is 423 g/mol. The molecular formula is C22H17FN2O5S. The SMILES string of the molecule is COc1ccc([C@H]2C(=C(O)c3ccc(F)cc3)C(=O)C(=O)N2c2nccs2)cc1OC. The summed E-state index contributed by atoms with van der Waals surface area (Å²) < 4.78 is 24.0. The number of halogens is 1. The first-order chi connectivity index (χ1) is 15.0. The Morgan fingerprint density at radius 1 is 1.10 bits per heavy atom. The van der Waals surface area contributed by atoms with Crippen LogP contribution in [0.1, 0.15) is 17.2 Å². The highest BCUT2D eigenvalue weighted by Crippen LogP contribution is 2.44. The van der Waals surface area contributed by atoms with E-state index in [0.29, 0.717) is 22.2 Å². The lowest BCUT2D eigenvalue weighted by molar-refractivity contribution is -0.132. The van der Waals surface area contributed by atoms with E-state index in [0.717, 1.165) is 12.1 Å². The highest BCUT2D eigenvalue weighted by Gasteiger charge is 2.48. The summed E-state index contributed by atoms with van der Waals surface area (Å²) in [4.78, 5) is 31.4. The Morgan fingerprint density at radius 2 is 1.81 bits per heavy atom. The average molecular weight is 440 g/mol. The summed E-state index contributed by atoms with van der Waals surface area (Å²) in [7, 11) is 2.96. The summed E-state index contributed by atoms with van der Waals surface area (Å²) in [5.74, 6) is -1.72. The molecule has 0 saturated carbocycles. The number of carbonyl (C=O) groups is 2. The van der Waals surface area contributed by atoms with Crippen LogP contribution in [0.3, 0.4) is 0 Å². The second kappa shape index (κ2) is 8.19. The molecule has 1 N–H and O–H groups in total. The Morgan fingerprint density at radius 3 is 2.42 bits per heavy atom. The largest absolute Gasteiger partial charge is 0.507 e. The van der Waals surface area contributed by atoms with Crippen molar-refractivity contribution in [3.05, 3.63) is 76.6 Å². The third kappa shape index (κ3) is 3.53. The number of benzene rings is 2. The number of aliphatic hydroxyl groups excluding tert-OH is 1. The van der Waals surface area contributed by atoms with Gasteiger partial charge in [-0.3, -0.25) is 14.5 Å². The molecule has 2 aromatic carbocycles. The molecule has 1 fully saturated rings. The van der Waals surface area contributed by atoms with Crippen LogP contribution in [0, 0.1) is 5.82 Å². The van der Waals surface area contributed by atoms with Crippen LogP contribution >= 0.6 is 11.3 Å². The monoisotopic (exact) mass is 440 g/mol. The van der Waals surface area contributed by atoms with Crippen molar-refractivity contribution in [2.24, 2.45) is 0 Å². The summed E-state index contributed by atoms with van der Waals surface area (Å²) in [6.45, 7) is 0. The van der Waals surface area contributed by atoms with Crippen LogP contribution in [0.25, 0.3) is 5.76 Å². The molecule has 1 amide bonds. The lowest BCUT2D eigenvalue weighted by Crippen LogP contribution is -2.29. The molecule has 1 aliphatic rings. The minimum atomic E-state index is -0.962. The number of hydrogen-bond donors (Lipinski definition) is 1. The predicted octanol–water partition coefficient (Wildman–Crippen LogP) is 3.93. The van der Waals surface area contributed by atoms with Gasteiger partial charge in [0.2, 0.25) is 0 Å². The number of nitrogens with zero attached hydrogens (tertiary/aromatic N) is 2. The van der Waals surface area contributed by atoms with E-state index in [9.17, 15) is 19.1 Å². The standard InChI is InChI=1S/C22H17FN2O5S/c1-29-15-8-5-13(11-16(15)30-2)18-17(19(26)12-3-6-14(23)7-4-12)20(27)21(28)25(18)22-24-9-10-31-22/h3-11,18,26H,1-2H3/t18-/m0/s1. The van der Waals surface area contributed by atoms with Gasteiger partial charge in [0, 0.05) is 17.1 Å². The summed E-state index contributed by atoms with van der Waals surface area (Å²) in [5, 5.41) is 12.9. The number of anilines is 1. The third-order valence-electron chi connectivity index (χ3n) is 4.91. The highest BCUT2D eigenvalue weighted by atomic mass is 32.1. The van der Waals surface area contributed by atoms with E-state index in [-0.39, 0.29) is 11.1 Å². The number of carbonyl (C=O) groups excluding carboxylic acids is 2. The fourth-order valence-electron chi connectivity index (χ4n) is 3.47. The molecule has 4 rings (SSSR count). The van der Waals surface area contributed by atoms with Gasteiger partial charge in [0.1, 0.15) is 11.6 Å². The van der Waals surface area contributed by atoms with Crippen molar-refractivity contribution >= 4 is 33.9 Å². The fourth-order valence-corrected chi connectivity index (χ4v) is 4.13. The van der Waals surface area contributed by atoms with E-state index >= 15 is 0 Å².